The molecule has 0 unspecified atom stereocenters. The topological polar surface area (TPSA) is 82.7 Å². The molecule has 0 saturated carbocycles. The van der Waals surface area contributed by atoms with Gasteiger partial charge in [-0.2, -0.15) is 5.26 Å². The van der Waals surface area contributed by atoms with Gasteiger partial charge in [0.25, 0.3) is 5.56 Å². The Balaban J connectivity index is 0.00000161. The molecule has 1 aromatic heterocycles. The van der Waals surface area contributed by atoms with Crippen molar-refractivity contribution >= 4 is 33.4 Å². The van der Waals surface area contributed by atoms with E-state index in [1.54, 1.807) is 42.5 Å². The van der Waals surface area contributed by atoms with Gasteiger partial charge in [-0.05, 0) is 35.9 Å². The fourth-order valence-corrected chi connectivity index (χ4v) is 2.19. The number of anilines is 1. The van der Waals surface area contributed by atoms with Crippen LogP contribution in [0.15, 0.2) is 53.3 Å². The molecule has 0 spiro atoms. The predicted octanol–water partition coefficient (Wildman–Crippen LogP) is 3.23. The summed E-state index contributed by atoms with van der Waals surface area (Å²) in [5, 5.41) is 10.1. The molecular weight excluding hydrogens is 330 g/mol. The normalized spacial score (nSPS) is 9.86. The maximum Gasteiger partial charge on any atom is 0.256 e. The molecule has 3 rings (SSSR count). The monoisotopic (exact) mass is 341 g/mol. The van der Waals surface area contributed by atoms with Crippen molar-refractivity contribution in [2.45, 2.75) is 0 Å². The molecule has 3 N–H and O–H groups in total. The summed E-state index contributed by atoms with van der Waals surface area (Å²) < 4.78 is 0. The van der Waals surface area contributed by atoms with Gasteiger partial charge in [0.05, 0.1) is 11.6 Å². The summed E-state index contributed by atoms with van der Waals surface area (Å²) in [6, 6.07) is 16.2. The molecule has 0 bridgehead atoms. The number of aromatic nitrogens is 1. The zero-order valence-corrected chi connectivity index (χ0v) is 12.7. The van der Waals surface area contributed by atoms with Crippen LogP contribution < -0.4 is 11.3 Å². The Hall–Kier alpha value is -2.58. The summed E-state index contributed by atoms with van der Waals surface area (Å²) in [5.41, 5.74) is 8.43. The first kappa shape index (κ1) is 14.8. The molecule has 0 aliphatic heterocycles. The van der Waals surface area contributed by atoms with Crippen molar-refractivity contribution in [1.82, 2.24) is 4.98 Å². The van der Waals surface area contributed by atoms with Gasteiger partial charge in [0.1, 0.15) is 0 Å². The number of nitrogens with zero attached hydrogens (tertiary/aromatic N) is 1. The molecule has 0 aliphatic rings. The van der Waals surface area contributed by atoms with Gasteiger partial charge in [-0.1, -0.05) is 18.2 Å². The third kappa shape index (κ3) is 2.67. The van der Waals surface area contributed by atoms with Gasteiger partial charge < -0.3 is 10.7 Å². The fourth-order valence-electron chi connectivity index (χ4n) is 2.19. The SMILES string of the molecule is Br.N#Cc1ccc(-c2cc3c(N)cccc3c(=O)[nH]2)cc1. The van der Waals surface area contributed by atoms with Gasteiger partial charge >= 0.3 is 0 Å². The molecule has 2 aromatic carbocycles. The lowest BCUT2D eigenvalue weighted by Gasteiger charge is -2.06. The van der Waals surface area contributed by atoms with Gasteiger partial charge in [-0.25, -0.2) is 0 Å². The van der Waals surface area contributed by atoms with Crippen LogP contribution in [0, 0.1) is 11.3 Å². The number of nitrogen functional groups attached to an aromatic ring is 1. The maximum atomic E-state index is 12.1. The van der Waals surface area contributed by atoms with E-state index in [4.69, 9.17) is 11.0 Å². The van der Waals surface area contributed by atoms with Crippen molar-refractivity contribution in [3.05, 3.63) is 64.4 Å². The maximum absolute atomic E-state index is 12.1. The minimum atomic E-state index is -0.172. The molecular formula is C16H12BrN3O. The van der Waals surface area contributed by atoms with Crippen LogP contribution in [0.25, 0.3) is 22.0 Å². The van der Waals surface area contributed by atoms with E-state index in [1.807, 2.05) is 6.07 Å². The summed E-state index contributed by atoms with van der Waals surface area (Å²) in [5.74, 6) is 0. The van der Waals surface area contributed by atoms with Crippen LogP contribution in [0.2, 0.25) is 0 Å². The highest BCUT2D eigenvalue weighted by molar-refractivity contribution is 8.93. The molecule has 4 nitrogen and oxygen atoms in total. The first-order valence-electron chi connectivity index (χ1n) is 6.11. The van der Waals surface area contributed by atoms with Crippen molar-refractivity contribution < 1.29 is 0 Å². The Morgan fingerprint density at radius 2 is 1.76 bits per heavy atom. The summed E-state index contributed by atoms with van der Waals surface area (Å²) >= 11 is 0. The number of pyridine rings is 1. The zero-order valence-electron chi connectivity index (χ0n) is 11.0. The lowest BCUT2D eigenvalue weighted by atomic mass is 10.1. The smallest absolute Gasteiger partial charge is 0.256 e. The van der Waals surface area contributed by atoms with Gasteiger partial charge in [0.2, 0.25) is 0 Å². The third-order valence-electron chi connectivity index (χ3n) is 3.25. The molecule has 0 atom stereocenters. The molecule has 0 aliphatic carbocycles. The van der Waals surface area contributed by atoms with E-state index in [0.29, 0.717) is 22.3 Å². The first-order valence-corrected chi connectivity index (χ1v) is 6.11. The third-order valence-corrected chi connectivity index (χ3v) is 3.25. The second kappa shape index (κ2) is 5.81. The largest absolute Gasteiger partial charge is 0.398 e. The predicted molar refractivity (Wildman–Crippen MR) is 89.5 cm³/mol. The Morgan fingerprint density at radius 1 is 1.05 bits per heavy atom. The minimum absolute atomic E-state index is 0. The van der Waals surface area contributed by atoms with Crippen molar-refractivity contribution in [2.75, 3.05) is 5.73 Å². The van der Waals surface area contributed by atoms with E-state index >= 15 is 0 Å². The van der Waals surface area contributed by atoms with Crippen LogP contribution in [0.3, 0.4) is 0 Å². The zero-order chi connectivity index (χ0) is 14.1. The van der Waals surface area contributed by atoms with Crippen molar-refractivity contribution in [2.24, 2.45) is 0 Å². The van der Waals surface area contributed by atoms with Crippen LogP contribution in [-0.4, -0.2) is 4.98 Å². The number of hydrogen-bond acceptors (Lipinski definition) is 3. The second-order valence-electron chi connectivity index (χ2n) is 4.51. The molecule has 5 heteroatoms. The molecule has 0 radical (unpaired) electrons. The number of nitrogens with two attached hydrogens (primary N) is 1. The van der Waals surface area contributed by atoms with Crippen LogP contribution in [0.1, 0.15) is 5.56 Å². The highest BCUT2D eigenvalue weighted by Crippen LogP contribution is 2.23. The quantitative estimate of drug-likeness (QED) is 0.666. The number of halogens is 1. The number of fused-ring (bicyclic) bond motifs is 1. The molecule has 0 fully saturated rings. The standard InChI is InChI=1S/C16H11N3O.BrH/c17-9-10-4-6-11(7-5-10)15-8-13-12(16(20)19-15)2-1-3-14(13)18;/h1-8H,18H2,(H,19,20);1H. The molecule has 104 valence electrons. The summed E-state index contributed by atoms with van der Waals surface area (Å²) in [4.78, 5) is 14.9. The number of rotatable bonds is 1. The fraction of sp³-hybridized carbons (Fsp3) is 0. The van der Waals surface area contributed by atoms with Crippen molar-refractivity contribution in [1.29, 1.82) is 5.26 Å². The number of hydrogen-bond donors (Lipinski definition) is 2. The lowest BCUT2D eigenvalue weighted by Crippen LogP contribution is -2.08. The molecule has 0 amide bonds. The van der Waals surface area contributed by atoms with E-state index in [2.05, 4.69) is 11.1 Å². The Kier molecular flexibility index (Phi) is 4.10. The van der Waals surface area contributed by atoms with Crippen LogP contribution in [-0.2, 0) is 0 Å². The summed E-state index contributed by atoms with van der Waals surface area (Å²) in [6.07, 6.45) is 0. The average molecular weight is 342 g/mol. The molecule has 0 saturated heterocycles. The van der Waals surface area contributed by atoms with E-state index in [-0.39, 0.29) is 22.5 Å². The van der Waals surface area contributed by atoms with E-state index in [0.717, 1.165) is 10.9 Å². The Morgan fingerprint density at radius 3 is 2.43 bits per heavy atom. The van der Waals surface area contributed by atoms with E-state index in [9.17, 15) is 4.79 Å². The summed E-state index contributed by atoms with van der Waals surface area (Å²) in [7, 11) is 0. The molecule has 21 heavy (non-hydrogen) atoms. The van der Waals surface area contributed by atoms with Crippen molar-refractivity contribution in [3.8, 4) is 17.3 Å². The highest BCUT2D eigenvalue weighted by atomic mass is 79.9. The van der Waals surface area contributed by atoms with Crippen LogP contribution in [0.5, 0.6) is 0 Å². The summed E-state index contributed by atoms with van der Waals surface area (Å²) in [6.45, 7) is 0. The Bertz CT molecular complexity index is 892. The first-order chi connectivity index (χ1) is 9.69. The van der Waals surface area contributed by atoms with E-state index < -0.39 is 0 Å². The van der Waals surface area contributed by atoms with Gasteiger partial charge in [0.15, 0.2) is 0 Å². The Labute approximate surface area is 131 Å². The molecule has 3 aromatic rings. The number of nitrogens with one attached hydrogen (secondary N) is 1. The second-order valence-corrected chi connectivity index (χ2v) is 4.51. The number of benzene rings is 2. The number of H-pyrrole nitrogens is 1. The van der Waals surface area contributed by atoms with Crippen molar-refractivity contribution in [3.63, 3.8) is 0 Å². The number of nitriles is 1. The lowest BCUT2D eigenvalue weighted by molar-refractivity contribution is 1.28. The van der Waals surface area contributed by atoms with Crippen LogP contribution in [0.4, 0.5) is 5.69 Å². The molecule has 1 heterocycles. The number of aromatic amines is 1. The van der Waals surface area contributed by atoms with Crippen LogP contribution >= 0.6 is 17.0 Å². The highest BCUT2D eigenvalue weighted by Gasteiger charge is 2.06. The minimum Gasteiger partial charge on any atom is -0.398 e. The average Bonchev–Trinajstić information content (AvgIpc) is 2.48. The van der Waals surface area contributed by atoms with Gasteiger partial charge in [0, 0.05) is 22.2 Å². The van der Waals surface area contributed by atoms with Gasteiger partial charge in [-0.15, -0.1) is 17.0 Å². The van der Waals surface area contributed by atoms with Gasteiger partial charge in [-0.3, -0.25) is 4.79 Å². The van der Waals surface area contributed by atoms with E-state index in [1.165, 1.54) is 0 Å².